The van der Waals surface area contributed by atoms with E-state index in [1.54, 1.807) is 6.20 Å². The number of aromatic nitrogens is 1. The van der Waals surface area contributed by atoms with Crippen LogP contribution in [0.4, 0.5) is 5.69 Å². The molecule has 2 aromatic rings. The van der Waals surface area contributed by atoms with Crippen molar-refractivity contribution in [3.63, 3.8) is 0 Å². The summed E-state index contributed by atoms with van der Waals surface area (Å²) in [6.07, 6.45) is 1.14. The second-order valence-electron chi connectivity index (χ2n) is 4.31. The molecule has 0 radical (unpaired) electrons. The summed E-state index contributed by atoms with van der Waals surface area (Å²) in [6.45, 7) is 0. The van der Waals surface area contributed by atoms with Gasteiger partial charge in [0.15, 0.2) is 6.10 Å². The van der Waals surface area contributed by atoms with E-state index in [2.05, 4.69) is 10.3 Å². The molecule has 0 aliphatic carbocycles. The highest BCUT2D eigenvalue weighted by molar-refractivity contribution is 5.85. The molecule has 0 spiro atoms. The fourth-order valence-electron chi connectivity index (χ4n) is 2.13. The van der Waals surface area contributed by atoms with Gasteiger partial charge in [-0.15, -0.1) is 0 Å². The lowest BCUT2D eigenvalue weighted by atomic mass is 10.0. The average Bonchev–Trinajstić information content (AvgIpc) is 2.46. The Balaban J connectivity index is 2.01. The van der Waals surface area contributed by atoms with E-state index in [4.69, 9.17) is 10.5 Å². The first-order chi connectivity index (χ1) is 9.25. The van der Waals surface area contributed by atoms with Gasteiger partial charge in [-0.3, -0.25) is 9.78 Å². The number of carbonyl (C=O) groups is 1. The lowest BCUT2D eigenvalue weighted by Gasteiger charge is -2.32. The molecule has 5 nitrogen and oxygen atoms in total. The van der Waals surface area contributed by atoms with E-state index in [1.807, 2.05) is 42.5 Å². The monoisotopic (exact) mass is 255 g/mol. The largest absolute Gasteiger partial charge is 0.479 e. The highest BCUT2D eigenvalue weighted by Crippen LogP contribution is 2.36. The summed E-state index contributed by atoms with van der Waals surface area (Å²) < 4.78 is 5.87. The van der Waals surface area contributed by atoms with E-state index < -0.39 is 18.1 Å². The fourth-order valence-corrected chi connectivity index (χ4v) is 2.13. The zero-order valence-corrected chi connectivity index (χ0v) is 10.1. The number of rotatable bonds is 2. The summed E-state index contributed by atoms with van der Waals surface area (Å²) >= 11 is 0. The molecular weight excluding hydrogens is 242 g/mol. The van der Waals surface area contributed by atoms with Gasteiger partial charge in [0.05, 0.1) is 11.4 Å². The molecule has 2 unspecified atom stereocenters. The van der Waals surface area contributed by atoms with Crippen molar-refractivity contribution in [1.82, 2.24) is 4.98 Å². The number of hydrogen-bond acceptors (Lipinski definition) is 4. The van der Waals surface area contributed by atoms with Gasteiger partial charge < -0.3 is 15.8 Å². The second-order valence-corrected chi connectivity index (χ2v) is 4.31. The predicted molar refractivity (Wildman–Crippen MR) is 70.7 cm³/mol. The van der Waals surface area contributed by atoms with Crippen LogP contribution in [0.5, 0.6) is 5.75 Å². The van der Waals surface area contributed by atoms with E-state index in [0.717, 1.165) is 5.69 Å². The summed E-state index contributed by atoms with van der Waals surface area (Å²) in [6, 6.07) is 12.3. The first-order valence-electron chi connectivity index (χ1n) is 5.98. The van der Waals surface area contributed by atoms with Gasteiger partial charge in [0.2, 0.25) is 5.91 Å². The number of benzene rings is 1. The van der Waals surface area contributed by atoms with E-state index in [-0.39, 0.29) is 0 Å². The molecule has 0 saturated heterocycles. The number of ether oxygens (including phenoxy) is 1. The third-order valence-corrected chi connectivity index (χ3v) is 3.04. The molecular formula is C14H13N3O2. The zero-order valence-electron chi connectivity index (χ0n) is 10.1. The van der Waals surface area contributed by atoms with Crippen LogP contribution in [0.1, 0.15) is 11.8 Å². The number of carbonyl (C=O) groups excluding carboxylic acids is 1. The third-order valence-electron chi connectivity index (χ3n) is 3.04. The van der Waals surface area contributed by atoms with Crippen LogP contribution >= 0.6 is 0 Å². The van der Waals surface area contributed by atoms with Gasteiger partial charge in [-0.05, 0) is 24.3 Å². The summed E-state index contributed by atoms with van der Waals surface area (Å²) in [5, 5.41) is 3.11. The molecule has 19 heavy (non-hydrogen) atoms. The fraction of sp³-hybridized carbons (Fsp3) is 0.143. The number of para-hydroxylation sites is 2. The van der Waals surface area contributed by atoms with Crippen LogP contribution in [-0.4, -0.2) is 16.9 Å². The molecule has 2 heterocycles. The van der Waals surface area contributed by atoms with Crippen LogP contribution in [0.2, 0.25) is 0 Å². The van der Waals surface area contributed by atoms with Gasteiger partial charge in [-0.2, -0.15) is 0 Å². The molecule has 1 aromatic carbocycles. The van der Waals surface area contributed by atoms with Crippen molar-refractivity contribution in [2.45, 2.75) is 12.1 Å². The number of nitrogens with two attached hydrogens (primary N) is 1. The molecule has 5 heteroatoms. The smallest absolute Gasteiger partial charge is 0.244 e. The zero-order chi connectivity index (χ0) is 13.2. The normalized spacial score (nSPS) is 20.8. The maximum atomic E-state index is 11.6. The number of primary amides is 1. The molecule has 1 aliphatic heterocycles. The van der Waals surface area contributed by atoms with Gasteiger partial charge in [-0.1, -0.05) is 18.2 Å². The number of fused-ring (bicyclic) bond motifs is 1. The van der Waals surface area contributed by atoms with Crippen LogP contribution in [0.3, 0.4) is 0 Å². The number of anilines is 1. The van der Waals surface area contributed by atoms with Crippen molar-refractivity contribution in [2.75, 3.05) is 5.32 Å². The van der Waals surface area contributed by atoms with Crippen molar-refractivity contribution < 1.29 is 9.53 Å². The lowest BCUT2D eigenvalue weighted by Crippen LogP contribution is -2.45. The standard InChI is InChI=1S/C14H13N3O2/c15-14(18)12-13(10-6-3-4-8-16-10)19-11-7-2-1-5-9(11)17-12/h1-8,12-13,17H,(H2,15,18). The molecule has 3 N–H and O–H groups in total. The minimum absolute atomic E-state index is 0.467. The number of pyridine rings is 1. The Kier molecular flexibility index (Phi) is 2.79. The Hall–Kier alpha value is -2.56. The molecule has 1 amide bonds. The molecule has 3 rings (SSSR count). The minimum Gasteiger partial charge on any atom is -0.479 e. The number of hydrogen-bond donors (Lipinski definition) is 2. The van der Waals surface area contributed by atoms with E-state index in [9.17, 15) is 4.79 Å². The molecule has 0 saturated carbocycles. The predicted octanol–water partition coefficient (Wildman–Crippen LogP) is 1.48. The van der Waals surface area contributed by atoms with Crippen LogP contribution < -0.4 is 15.8 Å². The Morgan fingerprint density at radius 3 is 2.74 bits per heavy atom. The topological polar surface area (TPSA) is 77.2 Å². The Bertz CT molecular complexity index is 601. The van der Waals surface area contributed by atoms with Crippen molar-refractivity contribution in [3.05, 3.63) is 54.4 Å². The summed E-state index contributed by atoms with van der Waals surface area (Å²) in [7, 11) is 0. The average molecular weight is 255 g/mol. The maximum Gasteiger partial charge on any atom is 0.244 e. The second kappa shape index (κ2) is 4.61. The highest BCUT2D eigenvalue weighted by Gasteiger charge is 2.35. The summed E-state index contributed by atoms with van der Waals surface area (Å²) in [5.41, 5.74) is 6.88. The van der Waals surface area contributed by atoms with Gasteiger partial charge in [0.25, 0.3) is 0 Å². The van der Waals surface area contributed by atoms with E-state index >= 15 is 0 Å². The van der Waals surface area contributed by atoms with Gasteiger partial charge in [-0.25, -0.2) is 0 Å². The number of nitrogens with zero attached hydrogens (tertiary/aromatic N) is 1. The van der Waals surface area contributed by atoms with Crippen molar-refractivity contribution in [3.8, 4) is 5.75 Å². The van der Waals surface area contributed by atoms with Crippen LogP contribution in [0, 0.1) is 0 Å². The quantitative estimate of drug-likeness (QED) is 0.852. The molecule has 1 aliphatic rings. The molecule has 96 valence electrons. The summed E-state index contributed by atoms with van der Waals surface area (Å²) in [4.78, 5) is 15.8. The first-order valence-corrected chi connectivity index (χ1v) is 5.98. The van der Waals surface area contributed by atoms with E-state index in [1.165, 1.54) is 0 Å². The number of nitrogens with one attached hydrogen (secondary N) is 1. The van der Waals surface area contributed by atoms with Crippen molar-refractivity contribution in [2.24, 2.45) is 5.73 Å². The lowest BCUT2D eigenvalue weighted by molar-refractivity contribution is -0.120. The molecule has 2 atom stereocenters. The SMILES string of the molecule is NC(=O)C1Nc2ccccc2OC1c1ccccn1. The van der Waals surface area contributed by atoms with Crippen LogP contribution in [0.25, 0.3) is 0 Å². The Labute approximate surface area is 110 Å². The maximum absolute atomic E-state index is 11.6. The van der Waals surface area contributed by atoms with Crippen molar-refractivity contribution in [1.29, 1.82) is 0 Å². The summed E-state index contributed by atoms with van der Waals surface area (Å²) in [5.74, 6) is 0.223. The first kappa shape index (κ1) is 11.5. The molecule has 1 aromatic heterocycles. The molecule has 0 fully saturated rings. The van der Waals surface area contributed by atoms with E-state index in [0.29, 0.717) is 11.4 Å². The molecule has 0 bridgehead atoms. The Morgan fingerprint density at radius 1 is 1.21 bits per heavy atom. The van der Waals surface area contributed by atoms with Gasteiger partial charge >= 0.3 is 0 Å². The highest BCUT2D eigenvalue weighted by atomic mass is 16.5. The minimum atomic E-state index is -0.634. The number of amides is 1. The Morgan fingerprint density at radius 2 is 2.00 bits per heavy atom. The van der Waals surface area contributed by atoms with Crippen LogP contribution in [-0.2, 0) is 4.79 Å². The van der Waals surface area contributed by atoms with Gasteiger partial charge in [0.1, 0.15) is 11.8 Å². The van der Waals surface area contributed by atoms with Gasteiger partial charge in [0, 0.05) is 6.20 Å². The van der Waals surface area contributed by atoms with Crippen LogP contribution in [0.15, 0.2) is 48.7 Å². The third kappa shape index (κ3) is 2.10. The van der Waals surface area contributed by atoms with Crippen molar-refractivity contribution >= 4 is 11.6 Å².